The smallest absolute Gasteiger partial charge is 0.341 e. The van der Waals surface area contributed by atoms with E-state index in [4.69, 9.17) is 14.2 Å². The van der Waals surface area contributed by atoms with Crippen LogP contribution in [0.15, 0.2) is 24.3 Å². The summed E-state index contributed by atoms with van der Waals surface area (Å²) < 4.78 is 15.0. The van der Waals surface area contributed by atoms with Crippen molar-refractivity contribution in [1.82, 2.24) is 0 Å². The summed E-state index contributed by atoms with van der Waals surface area (Å²) in [6, 6.07) is 6.57. The second kappa shape index (κ2) is 8.97. The predicted molar refractivity (Wildman–Crippen MR) is 75.2 cm³/mol. The molecule has 0 heterocycles. The van der Waals surface area contributed by atoms with Crippen LogP contribution in [-0.4, -0.2) is 43.0 Å². The summed E-state index contributed by atoms with van der Waals surface area (Å²) in [4.78, 5) is 22.9. The summed E-state index contributed by atoms with van der Waals surface area (Å²) in [6.07, 6.45) is -1.16. The molecule has 0 saturated carbocycles. The molecule has 0 bridgehead atoms. The minimum absolute atomic E-state index is 0.116. The number of para-hydroxylation sites is 1. The van der Waals surface area contributed by atoms with Crippen molar-refractivity contribution in [3.63, 3.8) is 0 Å². The molecule has 0 aliphatic heterocycles. The molecule has 0 fully saturated rings. The van der Waals surface area contributed by atoms with E-state index in [1.54, 1.807) is 38.1 Å². The number of carbonyl (C=O) groups excluding carboxylic acids is 2. The molecule has 1 atom stereocenters. The molecule has 1 aromatic carbocycles. The molecule has 21 heavy (non-hydrogen) atoms. The van der Waals surface area contributed by atoms with Gasteiger partial charge in [0.25, 0.3) is 0 Å². The number of esters is 2. The standard InChI is InChI=1S/C15H20O6/c1-3-19-14(17)9-11(16)10-21-13-8-6-5-7-12(13)15(18)20-4-2/h5-8,11,16H,3-4,9-10H2,1-2H3/t11-/m1/s1. The molecule has 0 radical (unpaired) electrons. The summed E-state index contributed by atoms with van der Waals surface area (Å²) in [6.45, 7) is 3.81. The highest BCUT2D eigenvalue weighted by Crippen LogP contribution is 2.19. The number of carbonyl (C=O) groups is 2. The van der Waals surface area contributed by atoms with Gasteiger partial charge in [-0.1, -0.05) is 12.1 Å². The highest BCUT2D eigenvalue weighted by molar-refractivity contribution is 5.92. The van der Waals surface area contributed by atoms with Crippen LogP contribution in [-0.2, 0) is 14.3 Å². The molecule has 0 aliphatic rings. The van der Waals surface area contributed by atoms with Crippen molar-refractivity contribution in [3.8, 4) is 5.75 Å². The summed E-state index contributed by atoms with van der Waals surface area (Å²) >= 11 is 0. The molecule has 0 unspecified atom stereocenters. The highest BCUT2D eigenvalue weighted by atomic mass is 16.5. The monoisotopic (exact) mass is 296 g/mol. The first-order valence-electron chi connectivity index (χ1n) is 6.81. The zero-order chi connectivity index (χ0) is 15.7. The summed E-state index contributed by atoms with van der Waals surface area (Å²) in [5, 5.41) is 9.70. The van der Waals surface area contributed by atoms with E-state index < -0.39 is 18.0 Å². The van der Waals surface area contributed by atoms with E-state index in [1.807, 2.05) is 0 Å². The lowest BCUT2D eigenvalue weighted by Crippen LogP contribution is -2.23. The molecular formula is C15H20O6. The number of hydrogen-bond donors (Lipinski definition) is 1. The van der Waals surface area contributed by atoms with E-state index in [0.717, 1.165) is 0 Å². The van der Waals surface area contributed by atoms with Crippen molar-refractivity contribution in [3.05, 3.63) is 29.8 Å². The van der Waals surface area contributed by atoms with Gasteiger partial charge >= 0.3 is 11.9 Å². The second-order valence-corrected chi connectivity index (χ2v) is 4.19. The Morgan fingerprint density at radius 1 is 1.14 bits per heavy atom. The van der Waals surface area contributed by atoms with E-state index >= 15 is 0 Å². The van der Waals surface area contributed by atoms with Crippen molar-refractivity contribution in [2.45, 2.75) is 26.4 Å². The first-order chi connectivity index (χ1) is 10.1. The van der Waals surface area contributed by atoms with Crippen LogP contribution in [0.3, 0.4) is 0 Å². The Balaban J connectivity index is 2.59. The van der Waals surface area contributed by atoms with Gasteiger partial charge in [0.1, 0.15) is 17.9 Å². The van der Waals surface area contributed by atoms with Crippen LogP contribution in [0.4, 0.5) is 0 Å². The van der Waals surface area contributed by atoms with Gasteiger partial charge in [-0.25, -0.2) is 4.79 Å². The molecule has 6 nitrogen and oxygen atoms in total. The maximum Gasteiger partial charge on any atom is 0.341 e. The van der Waals surface area contributed by atoms with E-state index in [9.17, 15) is 14.7 Å². The fourth-order valence-corrected chi connectivity index (χ4v) is 1.63. The van der Waals surface area contributed by atoms with Gasteiger partial charge in [-0.05, 0) is 26.0 Å². The summed E-state index contributed by atoms with van der Waals surface area (Å²) in [7, 11) is 0. The van der Waals surface area contributed by atoms with Crippen LogP contribution >= 0.6 is 0 Å². The minimum Gasteiger partial charge on any atom is -0.490 e. The van der Waals surface area contributed by atoms with Crippen LogP contribution in [0.5, 0.6) is 5.75 Å². The third-order valence-corrected chi connectivity index (χ3v) is 2.52. The Hall–Kier alpha value is -2.08. The molecular weight excluding hydrogens is 276 g/mol. The van der Waals surface area contributed by atoms with Crippen molar-refractivity contribution in [2.24, 2.45) is 0 Å². The maximum atomic E-state index is 11.7. The molecule has 0 saturated heterocycles. The van der Waals surface area contributed by atoms with E-state index in [2.05, 4.69) is 0 Å². The first-order valence-corrected chi connectivity index (χ1v) is 6.81. The Morgan fingerprint density at radius 2 is 1.81 bits per heavy atom. The fraction of sp³-hybridized carbons (Fsp3) is 0.467. The SMILES string of the molecule is CCOC(=O)C[C@@H](O)COc1ccccc1C(=O)OCC. The zero-order valence-corrected chi connectivity index (χ0v) is 12.2. The van der Waals surface area contributed by atoms with E-state index in [1.165, 1.54) is 0 Å². The van der Waals surface area contributed by atoms with Crippen LogP contribution in [0.2, 0.25) is 0 Å². The second-order valence-electron chi connectivity index (χ2n) is 4.19. The van der Waals surface area contributed by atoms with Gasteiger partial charge in [-0.15, -0.1) is 0 Å². The fourth-order valence-electron chi connectivity index (χ4n) is 1.63. The zero-order valence-electron chi connectivity index (χ0n) is 12.2. The molecule has 1 rings (SSSR count). The lowest BCUT2D eigenvalue weighted by Gasteiger charge is -2.14. The quantitative estimate of drug-likeness (QED) is 0.733. The van der Waals surface area contributed by atoms with Gasteiger partial charge in [-0.3, -0.25) is 4.79 Å². The number of hydrogen-bond acceptors (Lipinski definition) is 6. The van der Waals surface area contributed by atoms with Crippen molar-refractivity contribution >= 4 is 11.9 Å². The molecule has 0 aliphatic carbocycles. The lowest BCUT2D eigenvalue weighted by atomic mass is 10.2. The van der Waals surface area contributed by atoms with Gasteiger partial charge in [0.2, 0.25) is 0 Å². The van der Waals surface area contributed by atoms with E-state index in [-0.39, 0.29) is 31.8 Å². The van der Waals surface area contributed by atoms with Crippen LogP contribution in [0.1, 0.15) is 30.6 Å². The molecule has 1 aromatic rings. The number of ether oxygens (including phenoxy) is 3. The summed E-state index contributed by atoms with van der Waals surface area (Å²) in [5.41, 5.74) is 0.280. The predicted octanol–water partition coefficient (Wildman–Crippen LogP) is 1.56. The average Bonchev–Trinajstić information content (AvgIpc) is 2.46. The number of rotatable bonds is 8. The molecule has 0 aromatic heterocycles. The number of aliphatic hydroxyl groups excluding tert-OH is 1. The Labute approximate surface area is 123 Å². The van der Waals surface area contributed by atoms with Gasteiger partial charge in [0, 0.05) is 0 Å². The number of aliphatic hydroxyl groups is 1. The molecule has 0 spiro atoms. The van der Waals surface area contributed by atoms with Gasteiger partial charge in [0.15, 0.2) is 0 Å². The lowest BCUT2D eigenvalue weighted by molar-refractivity contribution is -0.145. The first kappa shape index (κ1) is 17.0. The van der Waals surface area contributed by atoms with Crippen molar-refractivity contribution < 1.29 is 28.9 Å². The van der Waals surface area contributed by atoms with Crippen LogP contribution in [0, 0.1) is 0 Å². The molecule has 0 amide bonds. The maximum absolute atomic E-state index is 11.7. The topological polar surface area (TPSA) is 82.1 Å². The third-order valence-electron chi connectivity index (χ3n) is 2.52. The van der Waals surface area contributed by atoms with Crippen LogP contribution in [0.25, 0.3) is 0 Å². The number of benzene rings is 1. The van der Waals surface area contributed by atoms with Gasteiger partial charge in [0.05, 0.1) is 25.7 Å². The largest absolute Gasteiger partial charge is 0.490 e. The average molecular weight is 296 g/mol. The van der Waals surface area contributed by atoms with Crippen molar-refractivity contribution in [2.75, 3.05) is 19.8 Å². The third kappa shape index (κ3) is 5.83. The molecule has 6 heteroatoms. The highest BCUT2D eigenvalue weighted by Gasteiger charge is 2.16. The summed E-state index contributed by atoms with van der Waals surface area (Å²) in [5.74, 6) is -0.681. The Kier molecular flexibility index (Phi) is 7.25. The Morgan fingerprint density at radius 3 is 2.48 bits per heavy atom. The Bertz CT molecular complexity index is 471. The van der Waals surface area contributed by atoms with Gasteiger partial charge < -0.3 is 19.3 Å². The van der Waals surface area contributed by atoms with Crippen LogP contribution < -0.4 is 4.74 Å². The van der Waals surface area contributed by atoms with Crippen molar-refractivity contribution in [1.29, 1.82) is 0 Å². The minimum atomic E-state index is -1.00. The van der Waals surface area contributed by atoms with E-state index in [0.29, 0.717) is 5.75 Å². The van der Waals surface area contributed by atoms with Gasteiger partial charge in [-0.2, -0.15) is 0 Å². The molecule has 1 N–H and O–H groups in total. The molecule has 116 valence electrons. The normalized spacial score (nSPS) is 11.6.